The summed E-state index contributed by atoms with van der Waals surface area (Å²) in [6.07, 6.45) is 1.46. The van der Waals surface area contributed by atoms with E-state index in [9.17, 15) is 15.0 Å². The Hall–Kier alpha value is -2.08. The maximum Gasteiger partial charge on any atom is 0.322 e. The zero-order chi connectivity index (χ0) is 18.3. The molecule has 6 heteroatoms. The molecule has 1 aliphatic carbocycles. The second-order valence-corrected chi connectivity index (χ2v) is 7.67. The summed E-state index contributed by atoms with van der Waals surface area (Å²) < 4.78 is 0. The Morgan fingerprint density at radius 2 is 1.77 bits per heavy atom. The van der Waals surface area contributed by atoms with Gasteiger partial charge in [-0.05, 0) is 30.0 Å². The fraction of sp³-hybridized carbons (Fsp3) is 0.350. The minimum Gasteiger partial charge on any atom is -0.507 e. The molecule has 2 aromatic carbocycles. The van der Waals surface area contributed by atoms with Gasteiger partial charge >= 0.3 is 5.97 Å². The van der Waals surface area contributed by atoms with E-state index in [1.54, 1.807) is 12.1 Å². The summed E-state index contributed by atoms with van der Waals surface area (Å²) in [5.74, 6) is -0.444. The van der Waals surface area contributed by atoms with Gasteiger partial charge in [0.2, 0.25) is 0 Å². The van der Waals surface area contributed by atoms with E-state index in [0.717, 1.165) is 29.5 Å². The first-order chi connectivity index (χ1) is 12.5. The predicted molar refractivity (Wildman–Crippen MR) is 100 cm³/mol. The number of phenolic OH excluding ortho intramolecular Hbond substituents is 1. The van der Waals surface area contributed by atoms with Crippen molar-refractivity contribution < 1.29 is 15.0 Å². The minimum absolute atomic E-state index is 0.0188. The highest BCUT2D eigenvalue weighted by atomic mass is 35.5. The number of hydrogen-bond donors (Lipinski definition) is 4. The first-order valence-electron chi connectivity index (χ1n) is 8.81. The molecule has 5 unspecified atom stereocenters. The van der Waals surface area contributed by atoms with Crippen LogP contribution in [-0.4, -0.2) is 33.6 Å². The summed E-state index contributed by atoms with van der Waals surface area (Å²) in [4.78, 5) is 11.5. The monoisotopic (exact) mass is 372 g/mol. The molecule has 1 saturated heterocycles. The fourth-order valence-electron chi connectivity index (χ4n) is 4.24. The number of aromatic hydroxyl groups is 1. The number of fused-ring (bicyclic) bond motifs is 1. The second kappa shape index (κ2) is 6.91. The van der Waals surface area contributed by atoms with E-state index >= 15 is 0 Å². The van der Waals surface area contributed by atoms with Crippen LogP contribution in [0.15, 0.2) is 48.5 Å². The Kier molecular flexibility index (Phi) is 4.61. The lowest BCUT2D eigenvalue weighted by Crippen LogP contribution is -2.41. The number of carboxylic acid groups (broad SMARTS) is 1. The smallest absolute Gasteiger partial charge is 0.322 e. The summed E-state index contributed by atoms with van der Waals surface area (Å²) in [5.41, 5.74) is 8.82. The second-order valence-electron chi connectivity index (χ2n) is 7.11. The van der Waals surface area contributed by atoms with Gasteiger partial charge in [0.15, 0.2) is 0 Å². The number of aliphatic carboxylic acids is 1. The summed E-state index contributed by atoms with van der Waals surface area (Å²) in [6, 6.07) is 14.8. The van der Waals surface area contributed by atoms with Crippen LogP contribution in [0, 0.1) is 5.92 Å². The van der Waals surface area contributed by atoms with Crippen molar-refractivity contribution in [1.82, 2.24) is 10.9 Å². The number of hydrazine groups is 1. The minimum atomic E-state index is -0.827. The standard InChI is InChI=1S/C20H21ClN2O3/c21-16-10-17-15(19(20(25)26)23-22-17)9-14(16)12-7-5-11(6-8-12)13-3-1-2-4-18(13)24/h1-8,14-17,19,22-24H,9-10H2,(H,25,26). The average Bonchev–Trinajstić information content (AvgIpc) is 3.04. The van der Waals surface area contributed by atoms with Crippen molar-refractivity contribution in [3.05, 3.63) is 54.1 Å². The molecule has 0 bridgehead atoms. The van der Waals surface area contributed by atoms with E-state index in [0.29, 0.717) is 0 Å². The van der Waals surface area contributed by atoms with Crippen LogP contribution in [-0.2, 0) is 4.79 Å². The van der Waals surface area contributed by atoms with E-state index in [2.05, 4.69) is 10.9 Å². The Bertz CT molecular complexity index is 811. The van der Waals surface area contributed by atoms with Crippen LogP contribution in [0.25, 0.3) is 11.1 Å². The zero-order valence-electron chi connectivity index (χ0n) is 14.1. The molecule has 2 aromatic rings. The predicted octanol–water partition coefficient (Wildman–Crippen LogP) is 3.09. The Labute approximate surface area is 157 Å². The van der Waals surface area contributed by atoms with Gasteiger partial charge < -0.3 is 10.2 Å². The lowest BCUT2D eigenvalue weighted by atomic mass is 9.73. The number of hydrogen-bond acceptors (Lipinski definition) is 4. The van der Waals surface area contributed by atoms with E-state index in [4.69, 9.17) is 11.6 Å². The Balaban J connectivity index is 1.57. The van der Waals surface area contributed by atoms with E-state index in [1.165, 1.54) is 0 Å². The van der Waals surface area contributed by atoms with Gasteiger partial charge in [0.25, 0.3) is 0 Å². The largest absolute Gasteiger partial charge is 0.507 e. The quantitative estimate of drug-likeness (QED) is 0.622. The molecule has 0 spiro atoms. The van der Waals surface area contributed by atoms with E-state index < -0.39 is 12.0 Å². The third kappa shape index (κ3) is 3.07. The number of para-hydroxylation sites is 1. The molecule has 136 valence electrons. The fourth-order valence-corrected chi connectivity index (χ4v) is 4.68. The van der Waals surface area contributed by atoms with Gasteiger partial charge in [0.05, 0.1) is 0 Å². The molecule has 1 aliphatic heterocycles. The van der Waals surface area contributed by atoms with Crippen molar-refractivity contribution in [2.24, 2.45) is 5.92 Å². The maximum absolute atomic E-state index is 11.5. The van der Waals surface area contributed by atoms with Crippen LogP contribution in [0.1, 0.15) is 24.3 Å². The summed E-state index contributed by atoms with van der Waals surface area (Å²) in [5, 5.41) is 19.4. The molecule has 0 radical (unpaired) electrons. The Morgan fingerprint density at radius 1 is 1.04 bits per heavy atom. The lowest BCUT2D eigenvalue weighted by Gasteiger charge is -2.36. The van der Waals surface area contributed by atoms with Gasteiger partial charge in [0, 0.05) is 28.8 Å². The highest BCUT2D eigenvalue weighted by Gasteiger charge is 2.46. The average molecular weight is 373 g/mol. The van der Waals surface area contributed by atoms with Gasteiger partial charge in [-0.3, -0.25) is 10.2 Å². The van der Waals surface area contributed by atoms with Crippen molar-refractivity contribution in [1.29, 1.82) is 0 Å². The maximum atomic E-state index is 11.5. The number of rotatable bonds is 3. The molecule has 2 fully saturated rings. The SMILES string of the molecule is O=C(O)C1NNC2CC(Cl)C(c3ccc(-c4ccccc4O)cc3)CC21. The van der Waals surface area contributed by atoms with Gasteiger partial charge in [0.1, 0.15) is 11.8 Å². The molecule has 5 nitrogen and oxygen atoms in total. The summed E-state index contributed by atoms with van der Waals surface area (Å²) >= 11 is 6.64. The summed E-state index contributed by atoms with van der Waals surface area (Å²) in [7, 11) is 0. The number of benzene rings is 2. The molecule has 2 aliphatic rings. The number of alkyl halides is 1. The Morgan fingerprint density at radius 3 is 2.46 bits per heavy atom. The van der Waals surface area contributed by atoms with Crippen LogP contribution in [0.3, 0.4) is 0 Å². The molecule has 0 aromatic heterocycles. The van der Waals surface area contributed by atoms with Crippen LogP contribution in [0.4, 0.5) is 0 Å². The number of carbonyl (C=O) groups is 1. The third-order valence-electron chi connectivity index (χ3n) is 5.63. The van der Waals surface area contributed by atoms with Crippen LogP contribution in [0.5, 0.6) is 5.75 Å². The van der Waals surface area contributed by atoms with Gasteiger partial charge in [-0.25, -0.2) is 5.43 Å². The van der Waals surface area contributed by atoms with Gasteiger partial charge in [-0.1, -0.05) is 42.5 Å². The van der Waals surface area contributed by atoms with Crippen molar-refractivity contribution in [3.8, 4) is 16.9 Å². The molecule has 0 amide bonds. The molecule has 4 rings (SSSR count). The zero-order valence-corrected chi connectivity index (χ0v) is 14.9. The van der Waals surface area contributed by atoms with Crippen molar-refractivity contribution in [2.45, 2.75) is 36.2 Å². The highest BCUT2D eigenvalue weighted by molar-refractivity contribution is 6.21. The number of nitrogens with one attached hydrogen (secondary N) is 2. The van der Waals surface area contributed by atoms with E-state index in [1.807, 2.05) is 36.4 Å². The number of phenols is 1. The topological polar surface area (TPSA) is 81.6 Å². The summed E-state index contributed by atoms with van der Waals surface area (Å²) in [6.45, 7) is 0. The molecule has 26 heavy (non-hydrogen) atoms. The first-order valence-corrected chi connectivity index (χ1v) is 9.24. The van der Waals surface area contributed by atoms with Crippen LogP contribution >= 0.6 is 11.6 Å². The number of halogens is 1. The number of carboxylic acids is 1. The molecular formula is C20H21ClN2O3. The van der Waals surface area contributed by atoms with Crippen molar-refractivity contribution in [2.75, 3.05) is 0 Å². The molecule has 5 atom stereocenters. The molecule has 4 N–H and O–H groups in total. The molecular weight excluding hydrogens is 352 g/mol. The first kappa shape index (κ1) is 17.3. The highest BCUT2D eigenvalue weighted by Crippen LogP contribution is 2.42. The van der Waals surface area contributed by atoms with Crippen molar-refractivity contribution >= 4 is 17.6 Å². The van der Waals surface area contributed by atoms with Crippen LogP contribution < -0.4 is 10.9 Å². The van der Waals surface area contributed by atoms with Gasteiger partial charge in [-0.2, -0.15) is 0 Å². The molecule has 1 heterocycles. The lowest BCUT2D eigenvalue weighted by molar-refractivity contribution is -0.140. The molecule has 1 saturated carbocycles. The van der Waals surface area contributed by atoms with Gasteiger partial charge in [-0.15, -0.1) is 11.6 Å². The van der Waals surface area contributed by atoms with Crippen LogP contribution in [0.2, 0.25) is 0 Å². The third-order valence-corrected chi connectivity index (χ3v) is 6.11. The van der Waals surface area contributed by atoms with E-state index in [-0.39, 0.29) is 29.0 Å². The van der Waals surface area contributed by atoms with Crippen molar-refractivity contribution in [3.63, 3.8) is 0 Å². The normalized spacial score (nSPS) is 30.7.